The van der Waals surface area contributed by atoms with Gasteiger partial charge in [-0.25, -0.2) is 0 Å². The number of nitrogens with zero attached hydrogens (tertiary/aromatic N) is 1. The molecule has 2 aromatic rings. The summed E-state index contributed by atoms with van der Waals surface area (Å²) in [6.07, 6.45) is 4.59. The average Bonchev–Trinajstić information content (AvgIpc) is 3.56. The van der Waals surface area contributed by atoms with E-state index in [2.05, 4.69) is 16.0 Å². The molecule has 0 bridgehead atoms. The Kier molecular flexibility index (Phi) is 15.8. The van der Waals surface area contributed by atoms with Crippen molar-refractivity contribution in [1.29, 1.82) is 0 Å². The molecule has 0 saturated carbocycles. The Morgan fingerprint density at radius 1 is 1.00 bits per heavy atom. The largest absolute Gasteiger partial charge is 0.492 e. The van der Waals surface area contributed by atoms with Crippen molar-refractivity contribution < 1.29 is 28.7 Å². The molecule has 12 nitrogen and oxygen atoms in total. The van der Waals surface area contributed by atoms with E-state index in [0.717, 1.165) is 37.9 Å². The van der Waals surface area contributed by atoms with Crippen LogP contribution in [0, 0.1) is 5.92 Å². The van der Waals surface area contributed by atoms with Gasteiger partial charge in [-0.3, -0.25) is 19.2 Å². The summed E-state index contributed by atoms with van der Waals surface area (Å²) in [6.45, 7) is 3.05. The van der Waals surface area contributed by atoms with Crippen molar-refractivity contribution >= 4 is 35.1 Å². The minimum atomic E-state index is -1.09. The summed E-state index contributed by atoms with van der Waals surface area (Å²) in [4.78, 5) is 55.3. The lowest BCUT2D eigenvalue weighted by Crippen LogP contribution is -2.55. The van der Waals surface area contributed by atoms with Crippen LogP contribution < -0.4 is 32.2 Å². The van der Waals surface area contributed by atoms with Crippen LogP contribution in [0.2, 0.25) is 5.02 Å². The summed E-state index contributed by atoms with van der Waals surface area (Å²) in [5.41, 5.74) is 13.0. The minimum absolute atomic E-state index is 0.107. The third kappa shape index (κ3) is 12.4. The number of nitrogens with one attached hydrogen (secondary N) is 3. The summed E-state index contributed by atoms with van der Waals surface area (Å²) >= 11 is 6.02. The molecule has 2 saturated heterocycles. The molecular weight excluding hydrogens is 648 g/mol. The smallest absolute Gasteiger partial charge is 0.289 e. The maximum Gasteiger partial charge on any atom is 0.289 e. The Hall–Kier alpha value is -3.55. The molecule has 13 heteroatoms. The number of carbonyl (C=O) groups is 4. The van der Waals surface area contributed by atoms with Gasteiger partial charge < -0.3 is 41.8 Å². The third-order valence-electron chi connectivity index (χ3n) is 9.11. The van der Waals surface area contributed by atoms with Gasteiger partial charge in [0.2, 0.25) is 17.6 Å². The first-order valence-electron chi connectivity index (χ1n) is 17.4. The molecule has 0 radical (unpaired) electrons. The van der Waals surface area contributed by atoms with Crippen LogP contribution >= 0.6 is 11.6 Å². The highest BCUT2D eigenvalue weighted by Crippen LogP contribution is 2.25. The molecule has 4 rings (SSSR count). The molecule has 2 heterocycles. The number of hydrogen-bond donors (Lipinski definition) is 5. The fourth-order valence-electron chi connectivity index (χ4n) is 6.25. The predicted molar refractivity (Wildman–Crippen MR) is 188 cm³/mol. The Bertz CT molecular complexity index is 1340. The van der Waals surface area contributed by atoms with E-state index in [1.165, 1.54) is 4.90 Å². The van der Waals surface area contributed by atoms with Gasteiger partial charge in [-0.2, -0.15) is 0 Å². The SMILES string of the molecule is NCCCC[C@H](NC(=O)[C@@H]1C[C@@H](OCc2ccc(Cl)cc2)CN1C(=O)[C@H](N)CCC1CCNCC1)C(=O)C(=O)NCCOc1ccccc1. The van der Waals surface area contributed by atoms with Crippen LogP contribution in [-0.4, -0.2) is 92.0 Å². The van der Waals surface area contributed by atoms with E-state index in [0.29, 0.717) is 42.5 Å². The molecule has 2 fully saturated rings. The second-order valence-corrected chi connectivity index (χ2v) is 13.2. The quantitative estimate of drug-likeness (QED) is 0.109. The number of halogens is 1. The van der Waals surface area contributed by atoms with Crippen LogP contribution in [0.3, 0.4) is 0 Å². The van der Waals surface area contributed by atoms with Crippen molar-refractivity contribution in [3.8, 4) is 5.75 Å². The Labute approximate surface area is 294 Å². The van der Waals surface area contributed by atoms with Crippen molar-refractivity contribution in [3.05, 3.63) is 65.2 Å². The number of Topliss-reactive ketones (excluding diaryl/α,β-unsaturated/α-hetero) is 1. The summed E-state index contributed by atoms with van der Waals surface area (Å²) in [5, 5.41) is 9.34. The number of piperidine rings is 1. The van der Waals surface area contributed by atoms with Crippen molar-refractivity contribution in [3.63, 3.8) is 0 Å². The monoisotopic (exact) mass is 698 g/mol. The van der Waals surface area contributed by atoms with Crippen LogP contribution in [0.5, 0.6) is 5.75 Å². The standard InChI is InChI=1S/C36H51ClN6O6/c37-27-12-9-26(10-13-27)24-49-29-22-32(43(23-29)36(47)30(39)14-11-25-15-18-40-19-16-25)34(45)42-31(8-4-5-17-38)33(44)35(46)41-20-21-48-28-6-2-1-3-7-28/h1-3,6-7,9-10,12-13,25,29-32,40H,4-5,8,11,14-24,38-39H2,(H,41,46)(H,42,45)/t29-,30-,31+,32+/m1/s1. The highest BCUT2D eigenvalue weighted by Gasteiger charge is 2.43. The molecule has 2 aliphatic heterocycles. The number of ether oxygens (including phenoxy) is 2. The topological polar surface area (TPSA) is 178 Å². The lowest BCUT2D eigenvalue weighted by molar-refractivity contribution is -0.142. The molecule has 0 aromatic heterocycles. The highest BCUT2D eigenvalue weighted by molar-refractivity contribution is 6.38. The Balaban J connectivity index is 1.40. The molecule has 2 aliphatic rings. The molecule has 0 unspecified atom stereocenters. The van der Waals surface area contributed by atoms with E-state index in [1.807, 2.05) is 30.3 Å². The van der Waals surface area contributed by atoms with E-state index in [-0.39, 0.29) is 45.1 Å². The predicted octanol–water partition coefficient (Wildman–Crippen LogP) is 2.31. The van der Waals surface area contributed by atoms with Crippen molar-refractivity contribution in [2.24, 2.45) is 17.4 Å². The van der Waals surface area contributed by atoms with E-state index in [1.54, 1.807) is 24.3 Å². The first kappa shape index (κ1) is 38.3. The number of likely N-dealkylation sites (tertiary alicyclic amines) is 1. The first-order valence-corrected chi connectivity index (χ1v) is 17.8. The molecule has 268 valence electrons. The average molecular weight is 699 g/mol. The van der Waals surface area contributed by atoms with Crippen LogP contribution in [0.4, 0.5) is 0 Å². The number of amides is 3. The minimum Gasteiger partial charge on any atom is -0.492 e. The fraction of sp³-hybridized carbons (Fsp3) is 0.556. The number of para-hydroxylation sites is 1. The third-order valence-corrected chi connectivity index (χ3v) is 9.36. The molecule has 4 atom stereocenters. The Morgan fingerprint density at radius 3 is 2.45 bits per heavy atom. The van der Waals surface area contributed by atoms with Gasteiger partial charge in [0.25, 0.3) is 5.91 Å². The number of unbranched alkanes of at least 4 members (excludes halogenated alkanes) is 1. The van der Waals surface area contributed by atoms with Crippen molar-refractivity contribution in [1.82, 2.24) is 20.9 Å². The maximum atomic E-state index is 13.9. The van der Waals surface area contributed by atoms with Crippen LogP contribution in [0.25, 0.3) is 0 Å². The van der Waals surface area contributed by atoms with Gasteiger partial charge in [-0.15, -0.1) is 0 Å². The number of benzene rings is 2. The number of hydrogen-bond acceptors (Lipinski definition) is 9. The van der Waals surface area contributed by atoms with Gasteiger partial charge in [0.05, 0.1) is 31.3 Å². The molecule has 2 aromatic carbocycles. The van der Waals surface area contributed by atoms with Crippen LogP contribution in [0.1, 0.15) is 56.9 Å². The lowest BCUT2D eigenvalue weighted by Gasteiger charge is -2.29. The number of ketones is 1. The van der Waals surface area contributed by atoms with E-state index < -0.39 is 41.8 Å². The number of rotatable bonds is 19. The van der Waals surface area contributed by atoms with Crippen molar-refractivity contribution in [2.75, 3.05) is 39.3 Å². The van der Waals surface area contributed by atoms with Gasteiger partial charge in [0.1, 0.15) is 18.4 Å². The van der Waals surface area contributed by atoms with Gasteiger partial charge >= 0.3 is 0 Å². The zero-order valence-electron chi connectivity index (χ0n) is 28.1. The molecule has 3 amide bonds. The summed E-state index contributed by atoms with van der Waals surface area (Å²) in [7, 11) is 0. The molecule has 7 N–H and O–H groups in total. The van der Waals surface area contributed by atoms with Gasteiger partial charge in [0, 0.05) is 18.0 Å². The van der Waals surface area contributed by atoms with Crippen LogP contribution in [-0.2, 0) is 30.5 Å². The van der Waals surface area contributed by atoms with Gasteiger partial charge in [-0.05, 0) is 100 Å². The fourth-order valence-corrected chi connectivity index (χ4v) is 6.38. The van der Waals surface area contributed by atoms with Gasteiger partial charge in [0.15, 0.2) is 0 Å². The summed E-state index contributed by atoms with van der Waals surface area (Å²) < 4.78 is 11.8. The number of carbonyl (C=O) groups excluding carboxylic acids is 4. The Morgan fingerprint density at radius 2 is 1.73 bits per heavy atom. The normalized spacial score (nSPS) is 19.2. The van der Waals surface area contributed by atoms with Crippen LogP contribution in [0.15, 0.2) is 54.6 Å². The zero-order chi connectivity index (χ0) is 35.0. The molecule has 0 spiro atoms. The van der Waals surface area contributed by atoms with E-state index >= 15 is 0 Å². The summed E-state index contributed by atoms with van der Waals surface area (Å²) in [6, 6.07) is 13.6. The van der Waals surface area contributed by atoms with E-state index in [4.69, 9.17) is 32.5 Å². The first-order chi connectivity index (χ1) is 23.7. The highest BCUT2D eigenvalue weighted by atomic mass is 35.5. The number of nitrogens with two attached hydrogens (primary N) is 2. The zero-order valence-corrected chi connectivity index (χ0v) is 28.9. The summed E-state index contributed by atoms with van der Waals surface area (Å²) in [5.74, 6) is -1.29. The second-order valence-electron chi connectivity index (χ2n) is 12.8. The maximum absolute atomic E-state index is 13.9. The molecule has 0 aliphatic carbocycles. The van der Waals surface area contributed by atoms with Gasteiger partial charge in [-0.1, -0.05) is 41.9 Å². The molecule has 49 heavy (non-hydrogen) atoms. The lowest BCUT2D eigenvalue weighted by atomic mass is 9.91. The second kappa shape index (κ2) is 20.2. The van der Waals surface area contributed by atoms with Crippen molar-refractivity contribution in [2.45, 2.75) is 82.2 Å². The molecular formula is C36H51ClN6O6. The van der Waals surface area contributed by atoms with E-state index in [9.17, 15) is 19.2 Å².